The Labute approximate surface area is 261 Å². The van der Waals surface area contributed by atoms with E-state index in [1.54, 1.807) is 39.0 Å². The van der Waals surface area contributed by atoms with E-state index in [2.05, 4.69) is 20.9 Å². The molecule has 43 heavy (non-hydrogen) atoms. The Morgan fingerprint density at radius 1 is 1.09 bits per heavy atom. The number of aromatic nitrogens is 1. The molecule has 0 N–H and O–H groups in total. The van der Waals surface area contributed by atoms with Gasteiger partial charge in [0.2, 0.25) is 0 Å². The Bertz CT molecular complexity index is 1740. The molecule has 1 aromatic heterocycles. The van der Waals surface area contributed by atoms with Crippen LogP contribution < -0.4 is 29.1 Å². The summed E-state index contributed by atoms with van der Waals surface area (Å²) in [5, 5.41) is 0. The van der Waals surface area contributed by atoms with Crippen molar-refractivity contribution >= 4 is 45.3 Å². The first-order chi connectivity index (χ1) is 20.6. The fourth-order valence-electron chi connectivity index (χ4n) is 4.57. The molecular formula is C31H33BrN2O8S. The third-order valence-electron chi connectivity index (χ3n) is 6.31. The summed E-state index contributed by atoms with van der Waals surface area (Å²) in [6.45, 7) is 9.14. The number of ether oxygens (including phenoxy) is 5. The van der Waals surface area contributed by atoms with E-state index in [9.17, 15) is 14.4 Å². The van der Waals surface area contributed by atoms with Crippen LogP contribution in [0.3, 0.4) is 0 Å². The molecule has 2 heterocycles. The largest absolute Gasteiger partial charge is 0.493 e. The van der Waals surface area contributed by atoms with E-state index in [1.165, 1.54) is 23.0 Å². The number of nitrogens with zero attached hydrogens (tertiary/aromatic N) is 2. The minimum Gasteiger partial charge on any atom is -0.493 e. The van der Waals surface area contributed by atoms with Crippen molar-refractivity contribution in [3.8, 4) is 17.2 Å². The van der Waals surface area contributed by atoms with Crippen molar-refractivity contribution in [1.29, 1.82) is 0 Å². The van der Waals surface area contributed by atoms with E-state index in [0.29, 0.717) is 47.9 Å². The number of para-hydroxylation sites is 1. The van der Waals surface area contributed by atoms with E-state index in [1.807, 2.05) is 38.1 Å². The Morgan fingerprint density at radius 3 is 2.49 bits per heavy atom. The molecule has 0 bridgehead atoms. The SMILES string of the molecule is CCOC(=O)COc1cc(Br)c(/C=c2/sc3n(c2=O)[C@H](c2ccccc2OC(C)C)C(C(=O)OCC)=C(C)N=3)cc1OC. The van der Waals surface area contributed by atoms with Crippen LogP contribution in [0.1, 0.15) is 51.8 Å². The molecule has 0 spiro atoms. The van der Waals surface area contributed by atoms with Crippen LogP contribution in [-0.4, -0.2) is 49.5 Å². The smallest absolute Gasteiger partial charge is 0.344 e. The average molecular weight is 674 g/mol. The number of fused-ring (bicyclic) bond motifs is 1. The van der Waals surface area contributed by atoms with Crippen LogP contribution in [0.5, 0.6) is 17.2 Å². The fraction of sp³-hybridized carbons (Fsp3) is 0.355. The average Bonchev–Trinajstić information content (AvgIpc) is 3.26. The maximum atomic E-state index is 14.1. The van der Waals surface area contributed by atoms with E-state index in [0.717, 1.165) is 0 Å². The van der Waals surface area contributed by atoms with Crippen LogP contribution >= 0.6 is 27.3 Å². The molecule has 4 rings (SSSR count). The molecule has 1 atom stereocenters. The summed E-state index contributed by atoms with van der Waals surface area (Å²) in [7, 11) is 1.48. The number of hydrogen-bond donors (Lipinski definition) is 0. The number of benzene rings is 2. The molecule has 3 aromatic rings. The minimum absolute atomic E-state index is 0.135. The van der Waals surface area contributed by atoms with E-state index < -0.39 is 18.0 Å². The van der Waals surface area contributed by atoms with Gasteiger partial charge in [-0.25, -0.2) is 14.6 Å². The summed E-state index contributed by atoms with van der Waals surface area (Å²) in [5.74, 6) is 0.202. The highest BCUT2D eigenvalue weighted by molar-refractivity contribution is 9.10. The third-order valence-corrected chi connectivity index (χ3v) is 7.98. The zero-order valence-corrected chi connectivity index (χ0v) is 27.2. The molecule has 1 aliphatic heterocycles. The minimum atomic E-state index is -0.816. The number of methoxy groups -OCH3 is 1. The number of halogens is 1. The second-order valence-electron chi connectivity index (χ2n) is 9.62. The zero-order chi connectivity index (χ0) is 31.3. The molecule has 0 saturated heterocycles. The molecule has 10 nitrogen and oxygen atoms in total. The molecule has 0 unspecified atom stereocenters. The summed E-state index contributed by atoms with van der Waals surface area (Å²) >= 11 is 4.74. The topological polar surface area (TPSA) is 115 Å². The highest BCUT2D eigenvalue weighted by Gasteiger charge is 2.35. The number of carbonyl (C=O) groups excluding carboxylic acids is 2. The normalized spacial score (nSPS) is 14.7. The van der Waals surface area contributed by atoms with Crippen molar-refractivity contribution in [2.45, 2.75) is 46.8 Å². The number of carbonyl (C=O) groups is 2. The molecule has 0 amide bonds. The molecular weight excluding hydrogens is 640 g/mol. The Hall–Kier alpha value is -3.90. The van der Waals surface area contributed by atoms with Gasteiger partial charge in [0.15, 0.2) is 22.9 Å². The lowest BCUT2D eigenvalue weighted by molar-refractivity contribution is -0.145. The first kappa shape index (κ1) is 32.0. The van der Waals surface area contributed by atoms with Crippen molar-refractivity contribution in [2.75, 3.05) is 26.9 Å². The van der Waals surface area contributed by atoms with Crippen molar-refractivity contribution < 1.29 is 33.3 Å². The summed E-state index contributed by atoms with van der Waals surface area (Å²) in [5.41, 5.74) is 1.67. The molecule has 0 fully saturated rings. The quantitative estimate of drug-likeness (QED) is 0.277. The van der Waals surface area contributed by atoms with Crippen molar-refractivity contribution in [2.24, 2.45) is 4.99 Å². The zero-order valence-electron chi connectivity index (χ0n) is 24.8. The maximum Gasteiger partial charge on any atom is 0.344 e. The second kappa shape index (κ2) is 14.0. The van der Waals surface area contributed by atoms with Gasteiger partial charge in [0.05, 0.1) is 42.2 Å². The monoisotopic (exact) mass is 672 g/mol. The molecule has 0 aliphatic carbocycles. The molecule has 1 aliphatic rings. The van der Waals surface area contributed by atoms with Gasteiger partial charge in [0.25, 0.3) is 5.56 Å². The molecule has 0 saturated carbocycles. The molecule has 2 aromatic carbocycles. The Kier molecular flexibility index (Phi) is 10.5. The van der Waals surface area contributed by atoms with Crippen LogP contribution in [0, 0.1) is 0 Å². The number of esters is 2. The fourth-order valence-corrected chi connectivity index (χ4v) is 6.04. The van der Waals surface area contributed by atoms with E-state index >= 15 is 0 Å². The maximum absolute atomic E-state index is 14.1. The van der Waals surface area contributed by atoms with Crippen LogP contribution in [0.15, 0.2) is 61.9 Å². The number of rotatable bonds is 11. The van der Waals surface area contributed by atoms with Gasteiger partial charge in [-0.15, -0.1) is 0 Å². The Balaban J connectivity index is 1.87. The van der Waals surface area contributed by atoms with Gasteiger partial charge < -0.3 is 23.7 Å². The van der Waals surface area contributed by atoms with Crippen molar-refractivity contribution in [3.63, 3.8) is 0 Å². The van der Waals surface area contributed by atoms with Crippen LogP contribution in [-0.2, 0) is 19.1 Å². The van der Waals surface area contributed by atoms with Gasteiger partial charge in [-0.1, -0.05) is 45.5 Å². The van der Waals surface area contributed by atoms with Gasteiger partial charge in [-0.05, 0) is 64.5 Å². The highest BCUT2D eigenvalue weighted by atomic mass is 79.9. The van der Waals surface area contributed by atoms with Crippen LogP contribution in [0.2, 0.25) is 0 Å². The predicted octanol–water partition coefficient (Wildman–Crippen LogP) is 4.30. The first-order valence-corrected chi connectivity index (χ1v) is 15.3. The van der Waals surface area contributed by atoms with Crippen LogP contribution in [0.25, 0.3) is 6.08 Å². The van der Waals surface area contributed by atoms with Crippen molar-refractivity contribution in [3.05, 3.63) is 83.0 Å². The Morgan fingerprint density at radius 2 is 1.81 bits per heavy atom. The standard InChI is InChI=1S/C31H33BrN2O8S/c1-7-39-26(35)16-41-24-15-21(32)19(13-23(24)38-6)14-25-29(36)34-28(20-11-9-10-12-22(20)42-17(3)4)27(30(37)40-8-2)18(5)33-31(34)43-25/h9-15,17,28H,7-8,16H2,1-6H3/b25-14+/t28-/m1/s1. The number of allylic oxidation sites excluding steroid dienone is 1. The van der Waals surface area contributed by atoms with Gasteiger partial charge in [-0.2, -0.15) is 0 Å². The molecule has 0 radical (unpaired) electrons. The predicted molar refractivity (Wildman–Crippen MR) is 165 cm³/mol. The van der Waals surface area contributed by atoms with Crippen molar-refractivity contribution in [1.82, 2.24) is 4.57 Å². The lowest BCUT2D eigenvalue weighted by Crippen LogP contribution is -2.40. The summed E-state index contributed by atoms with van der Waals surface area (Å²) in [6.07, 6.45) is 1.58. The number of hydrogen-bond acceptors (Lipinski definition) is 10. The lowest BCUT2D eigenvalue weighted by Gasteiger charge is -2.26. The first-order valence-electron chi connectivity index (χ1n) is 13.7. The second-order valence-corrected chi connectivity index (χ2v) is 11.5. The van der Waals surface area contributed by atoms with Gasteiger partial charge in [0, 0.05) is 10.0 Å². The number of thiazole rings is 1. The highest BCUT2D eigenvalue weighted by Crippen LogP contribution is 2.37. The summed E-state index contributed by atoms with van der Waals surface area (Å²) in [6, 6.07) is 9.88. The van der Waals surface area contributed by atoms with E-state index in [-0.39, 0.29) is 37.1 Å². The lowest BCUT2D eigenvalue weighted by atomic mass is 9.95. The van der Waals surface area contributed by atoms with Gasteiger partial charge in [-0.3, -0.25) is 9.36 Å². The molecule has 12 heteroatoms. The summed E-state index contributed by atoms with van der Waals surface area (Å²) in [4.78, 5) is 44.2. The van der Waals surface area contributed by atoms with E-state index in [4.69, 9.17) is 23.7 Å². The third kappa shape index (κ3) is 7.02. The summed E-state index contributed by atoms with van der Waals surface area (Å²) < 4.78 is 30.0. The van der Waals surface area contributed by atoms with Crippen LogP contribution in [0.4, 0.5) is 0 Å². The van der Waals surface area contributed by atoms with Gasteiger partial charge >= 0.3 is 11.9 Å². The van der Waals surface area contributed by atoms with Gasteiger partial charge in [0.1, 0.15) is 11.8 Å². The molecule has 228 valence electrons.